The maximum Gasteiger partial charge on any atom is 0.345 e. The highest BCUT2D eigenvalue weighted by Gasteiger charge is 2.42. The van der Waals surface area contributed by atoms with Crippen molar-refractivity contribution in [3.8, 4) is 11.5 Å². The van der Waals surface area contributed by atoms with Crippen molar-refractivity contribution >= 4 is 37.5 Å². The van der Waals surface area contributed by atoms with Gasteiger partial charge in [0, 0.05) is 17.2 Å². The highest BCUT2D eigenvalue weighted by Crippen LogP contribution is 2.44. The van der Waals surface area contributed by atoms with Crippen molar-refractivity contribution in [1.82, 2.24) is 0 Å². The fourth-order valence-electron chi connectivity index (χ4n) is 3.45. The second-order valence-electron chi connectivity index (χ2n) is 7.13. The van der Waals surface area contributed by atoms with E-state index in [1.807, 2.05) is 0 Å². The van der Waals surface area contributed by atoms with Crippen LogP contribution in [0.25, 0.3) is 5.57 Å². The molecule has 0 saturated heterocycles. The number of carbonyl (C=O) groups excluding carboxylic acids is 1. The van der Waals surface area contributed by atoms with E-state index in [2.05, 4.69) is 0 Å². The SMILES string of the molecule is CCOC(=O)C1=C(c2ccccc2)c2cc(OS(C)(=O)=O)c(OS(C)(=O)=O)cc2C1=[N+](C)O. The molecule has 1 N–H and O–H groups in total. The normalized spacial score (nSPS) is 15.2. The lowest BCUT2D eigenvalue weighted by molar-refractivity contribution is -0.753. The molecule has 0 spiro atoms. The van der Waals surface area contributed by atoms with E-state index in [9.17, 15) is 26.8 Å². The van der Waals surface area contributed by atoms with E-state index >= 15 is 0 Å². The van der Waals surface area contributed by atoms with Crippen molar-refractivity contribution in [3.63, 3.8) is 0 Å². The Morgan fingerprint density at radius 3 is 1.91 bits per heavy atom. The lowest BCUT2D eigenvalue weighted by Gasteiger charge is -2.13. The second kappa shape index (κ2) is 8.87. The van der Waals surface area contributed by atoms with Crippen LogP contribution in [0.3, 0.4) is 0 Å². The minimum Gasteiger partial charge on any atom is -0.462 e. The highest BCUT2D eigenvalue weighted by atomic mass is 32.2. The van der Waals surface area contributed by atoms with Crippen LogP contribution in [-0.2, 0) is 29.8 Å². The van der Waals surface area contributed by atoms with Gasteiger partial charge in [0.05, 0.1) is 24.7 Å². The number of esters is 1. The quantitative estimate of drug-likeness (QED) is 0.199. The molecule has 1 aliphatic rings. The van der Waals surface area contributed by atoms with Gasteiger partial charge < -0.3 is 13.1 Å². The van der Waals surface area contributed by atoms with Crippen molar-refractivity contribution < 1.29 is 44.7 Å². The van der Waals surface area contributed by atoms with Crippen LogP contribution in [0, 0.1) is 0 Å². The Morgan fingerprint density at radius 2 is 1.45 bits per heavy atom. The first-order valence-electron chi connectivity index (χ1n) is 9.56. The number of nitrogens with zero attached hydrogens (tertiary/aromatic N) is 1. The summed E-state index contributed by atoms with van der Waals surface area (Å²) in [7, 11) is -6.87. The fourth-order valence-corrected chi connectivity index (χ4v) is 4.36. The largest absolute Gasteiger partial charge is 0.462 e. The van der Waals surface area contributed by atoms with Crippen molar-refractivity contribution in [2.75, 3.05) is 26.2 Å². The number of hydrogen-bond donors (Lipinski definition) is 1. The zero-order valence-corrected chi connectivity index (χ0v) is 19.9. The zero-order chi connectivity index (χ0) is 24.6. The van der Waals surface area contributed by atoms with Crippen molar-refractivity contribution in [2.45, 2.75) is 6.92 Å². The zero-order valence-electron chi connectivity index (χ0n) is 18.2. The van der Waals surface area contributed by atoms with Crippen LogP contribution in [0.1, 0.15) is 23.6 Å². The van der Waals surface area contributed by atoms with Gasteiger partial charge in [0.1, 0.15) is 5.57 Å². The highest BCUT2D eigenvalue weighted by molar-refractivity contribution is 7.86. The molecule has 0 fully saturated rings. The first-order valence-corrected chi connectivity index (χ1v) is 13.2. The maximum absolute atomic E-state index is 12.9. The van der Waals surface area contributed by atoms with Crippen LogP contribution in [0.5, 0.6) is 11.5 Å². The third-order valence-corrected chi connectivity index (χ3v) is 5.41. The van der Waals surface area contributed by atoms with E-state index in [0.29, 0.717) is 21.4 Å². The van der Waals surface area contributed by atoms with Gasteiger partial charge in [-0.2, -0.15) is 16.8 Å². The molecule has 2 aromatic rings. The Kier molecular flexibility index (Phi) is 6.52. The minimum absolute atomic E-state index is 0.00450. The fraction of sp³-hybridized carbons (Fsp3) is 0.238. The van der Waals surface area contributed by atoms with Crippen LogP contribution in [0.2, 0.25) is 0 Å². The summed E-state index contributed by atoms with van der Waals surface area (Å²) < 4.78 is 63.1. The maximum atomic E-state index is 12.9. The average Bonchev–Trinajstić information content (AvgIpc) is 3.01. The number of fused-ring (bicyclic) bond motifs is 1. The van der Waals surface area contributed by atoms with Crippen LogP contribution in [0.4, 0.5) is 0 Å². The van der Waals surface area contributed by atoms with Gasteiger partial charge in [0.2, 0.25) is 0 Å². The lowest BCUT2D eigenvalue weighted by atomic mass is 9.97. The Morgan fingerprint density at radius 1 is 0.939 bits per heavy atom. The molecular weight excluding hydrogens is 474 g/mol. The molecule has 33 heavy (non-hydrogen) atoms. The number of rotatable bonds is 7. The Labute approximate surface area is 191 Å². The lowest BCUT2D eigenvalue weighted by Crippen LogP contribution is -2.22. The number of hydroxylamine groups is 1. The average molecular weight is 497 g/mol. The van der Waals surface area contributed by atoms with Gasteiger partial charge in [0.25, 0.3) is 5.71 Å². The molecular formula is C21H22NO9S2+. The van der Waals surface area contributed by atoms with E-state index in [1.54, 1.807) is 37.3 Å². The number of carbonyl (C=O) groups is 1. The van der Waals surface area contributed by atoms with Crippen molar-refractivity contribution in [3.05, 3.63) is 64.7 Å². The Bertz CT molecular complexity index is 1390. The smallest absolute Gasteiger partial charge is 0.345 e. The van der Waals surface area contributed by atoms with Crippen LogP contribution < -0.4 is 8.37 Å². The Hall–Kier alpha value is -3.38. The van der Waals surface area contributed by atoms with Gasteiger partial charge >= 0.3 is 26.2 Å². The summed E-state index contributed by atoms with van der Waals surface area (Å²) in [6, 6.07) is 11.1. The molecule has 176 valence electrons. The third kappa shape index (κ3) is 5.34. The first-order chi connectivity index (χ1) is 15.3. The molecule has 1 aliphatic carbocycles. The summed E-state index contributed by atoms with van der Waals surface area (Å²) in [5.41, 5.74) is 1.45. The molecule has 2 aromatic carbocycles. The number of ether oxygens (including phenoxy) is 1. The molecule has 0 unspecified atom stereocenters. The van der Waals surface area contributed by atoms with Gasteiger partial charge in [-0.25, -0.2) is 4.79 Å². The van der Waals surface area contributed by atoms with E-state index in [4.69, 9.17) is 13.1 Å². The molecule has 0 aliphatic heterocycles. The number of hydrogen-bond acceptors (Lipinski definition) is 9. The molecule has 12 heteroatoms. The standard InChI is InChI=1S/C21H22NO9S2/c1-5-29-21(23)19-18(13-9-7-6-8-10-13)14-11-16(30-32(3,25)26)17(31-33(4,27)28)12-15(14)20(19)22(2)24/h6-12,24H,5H2,1-4H3/q+1. The van der Waals surface area contributed by atoms with Gasteiger partial charge in [-0.05, 0) is 23.3 Å². The van der Waals surface area contributed by atoms with Gasteiger partial charge in [-0.15, -0.1) is 0 Å². The summed E-state index contributed by atoms with van der Waals surface area (Å²) in [6.07, 6.45) is 1.58. The Balaban J connectivity index is 2.43. The van der Waals surface area contributed by atoms with Crippen LogP contribution >= 0.6 is 0 Å². The summed E-state index contributed by atoms with van der Waals surface area (Å²) in [4.78, 5) is 12.9. The monoisotopic (exact) mass is 496 g/mol. The molecule has 0 heterocycles. The van der Waals surface area contributed by atoms with E-state index < -0.39 is 37.7 Å². The van der Waals surface area contributed by atoms with E-state index in [-0.39, 0.29) is 23.5 Å². The molecule has 0 saturated carbocycles. The van der Waals surface area contributed by atoms with Gasteiger partial charge in [0.15, 0.2) is 18.5 Å². The summed E-state index contributed by atoms with van der Waals surface area (Å²) in [5.74, 6) is -1.57. The molecule has 3 rings (SSSR count). The molecule has 0 radical (unpaired) electrons. The van der Waals surface area contributed by atoms with Crippen molar-refractivity contribution in [2.24, 2.45) is 0 Å². The second-order valence-corrected chi connectivity index (χ2v) is 10.3. The molecule has 0 atom stereocenters. The predicted octanol–water partition coefficient (Wildman–Crippen LogP) is 1.56. The van der Waals surface area contributed by atoms with Gasteiger partial charge in [-0.1, -0.05) is 30.3 Å². The molecule has 0 amide bonds. The van der Waals surface area contributed by atoms with Gasteiger partial charge in [-0.3, -0.25) is 5.21 Å². The first kappa shape index (κ1) is 24.3. The number of benzene rings is 2. The minimum atomic E-state index is -4.08. The molecule has 10 nitrogen and oxygen atoms in total. The summed E-state index contributed by atoms with van der Waals surface area (Å²) >= 11 is 0. The summed E-state index contributed by atoms with van der Waals surface area (Å²) in [5, 5.41) is 10.4. The summed E-state index contributed by atoms with van der Waals surface area (Å²) in [6.45, 7) is 1.69. The molecule has 0 bridgehead atoms. The van der Waals surface area contributed by atoms with E-state index in [1.165, 1.54) is 19.2 Å². The topological polar surface area (TPSA) is 136 Å². The third-order valence-electron chi connectivity index (χ3n) is 4.44. The molecule has 0 aromatic heterocycles. The van der Waals surface area contributed by atoms with Crippen molar-refractivity contribution in [1.29, 1.82) is 0 Å². The predicted molar refractivity (Wildman–Crippen MR) is 119 cm³/mol. The van der Waals surface area contributed by atoms with Crippen LogP contribution in [0.15, 0.2) is 48.0 Å². The van der Waals surface area contributed by atoms with E-state index in [0.717, 1.165) is 12.5 Å². The van der Waals surface area contributed by atoms with Crippen LogP contribution in [-0.4, -0.2) is 64.6 Å².